The van der Waals surface area contributed by atoms with Gasteiger partial charge in [-0.25, -0.2) is 4.39 Å². The van der Waals surface area contributed by atoms with E-state index in [1.54, 1.807) is 12.1 Å². The molecule has 2 N–H and O–H groups in total. The van der Waals surface area contributed by atoms with Crippen LogP contribution in [0.15, 0.2) is 36.4 Å². The number of aryl methyl sites for hydroxylation is 1. The van der Waals surface area contributed by atoms with Gasteiger partial charge >= 0.3 is 0 Å². The van der Waals surface area contributed by atoms with Crippen molar-refractivity contribution in [2.24, 2.45) is 0 Å². The van der Waals surface area contributed by atoms with Gasteiger partial charge in [0.1, 0.15) is 5.82 Å². The monoisotopic (exact) mass is 290 g/mol. The van der Waals surface area contributed by atoms with Crippen LogP contribution in [0, 0.1) is 5.82 Å². The standard InChI is InChI=1S/C16H16ClFN2/c17-14-7-6-13(9-15(14)18)20-10-12-4-1-3-11-5-2-8-19-16(11)12/h1,3-4,6-7,9,19-20H,2,5,8,10H2. The summed E-state index contributed by atoms with van der Waals surface area (Å²) in [5.41, 5.74) is 4.52. The van der Waals surface area contributed by atoms with Crippen LogP contribution in [0.2, 0.25) is 5.02 Å². The molecule has 2 aromatic rings. The lowest BCUT2D eigenvalue weighted by Crippen LogP contribution is -2.15. The van der Waals surface area contributed by atoms with Gasteiger partial charge in [0.2, 0.25) is 0 Å². The maximum Gasteiger partial charge on any atom is 0.143 e. The molecule has 0 amide bonds. The van der Waals surface area contributed by atoms with Crippen LogP contribution in [0.5, 0.6) is 0 Å². The first-order valence-electron chi connectivity index (χ1n) is 6.77. The maximum absolute atomic E-state index is 13.4. The Morgan fingerprint density at radius 1 is 1.25 bits per heavy atom. The van der Waals surface area contributed by atoms with Crippen LogP contribution in [0.4, 0.5) is 15.8 Å². The number of anilines is 2. The largest absolute Gasteiger partial charge is 0.385 e. The van der Waals surface area contributed by atoms with Crippen molar-refractivity contribution in [3.05, 3.63) is 58.4 Å². The van der Waals surface area contributed by atoms with Crippen molar-refractivity contribution in [2.75, 3.05) is 17.2 Å². The Morgan fingerprint density at radius 2 is 2.15 bits per heavy atom. The van der Waals surface area contributed by atoms with Crippen LogP contribution < -0.4 is 10.6 Å². The van der Waals surface area contributed by atoms with Crippen LogP contribution in [0.1, 0.15) is 17.5 Å². The molecule has 0 atom stereocenters. The summed E-state index contributed by atoms with van der Waals surface area (Å²) in [6.45, 7) is 1.68. The summed E-state index contributed by atoms with van der Waals surface area (Å²) in [6.07, 6.45) is 2.29. The van der Waals surface area contributed by atoms with E-state index in [9.17, 15) is 4.39 Å². The fourth-order valence-electron chi connectivity index (χ4n) is 2.53. The van der Waals surface area contributed by atoms with E-state index in [-0.39, 0.29) is 5.02 Å². The minimum atomic E-state index is -0.398. The number of benzene rings is 2. The van der Waals surface area contributed by atoms with Crippen LogP contribution in [-0.4, -0.2) is 6.54 Å². The van der Waals surface area contributed by atoms with Gasteiger partial charge in [-0.3, -0.25) is 0 Å². The lowest BCUT2D eigenvalue weighted by Gasteiger charge is -2.21. The fraction of sp³-hybridized carbons (Fsp3) is 0.250. The quantitative estimate of drug-likeness (QED) is 0.873. The molecule has 0 fully saturated rings. The van der Waals surface area contributed by atoms with E-state index < -0.39 is 5.82 Å². The Morgan fingerprint density at radius 3 is 3.00 bits per heavy atom. The van der Waals surface area contributed by atoms with Gasteiger partial charge < -0.3 is 10.6 Å². The third-order valence-electron chi connectivity index (χ3n) is 3.56. The van der Waals surface area contributed by atoms with Crippen molar-refractivity contribution in [1.29, 1.82) is 0 Å². The van der Waals surface area contributed by atoms with Gasteiger partial charge in [-0.05, 0) is 42.2 Å². The summed E-state index contributed by atoms with van der Waals surface area (Å²) in [5, 5.41) is 6.84. The Labute approximate surface area is 123 Å². The first-order chi connectivity index (χ1) is 9.74. The van der Waals surface area contributed by atoms with Crippen molar-refractivity contribution in [3.63, 3.8) is 0 Å². The van der Waals surface area contributed by atoms with Crippen LogP contribution in [-0.2, 0) is 13.0 Å². The second-order valence-corrected chi connectivity index (χ2v) is 5.37. The third-order valence-corrected chi connectivity index (χ3v) is 3.87. The molecule has 0 aliphatic carbocycles. The Bertz CT molecular complexity index is 628. The van der Waals surface area contributed by atoms with E-state index in [1.807, 2.05) is 0 Å². The Hall–Kier alpha value is -1.74. The van der Waals surface area contributed by atoms with Gasteiger partial charge in [-0.15, -0.1) is 0 Å². The molecular weight excluding hydrogens is 275 g/mol. The first-order valence-corrected chi connectivity index (χ1v) is 7.15. The lowest BCUT2D eigenvalue weighted by molar-refractivity contribution is 0.628. The summed E-state index contributed by atoms with van der Waals surface area (Å²) in [7, 11) is 0. The molecule has 1 aliphatic rings. The molecule has 20 heavy (non-hydrogen) atoms. The number of halogens is 2. The average Bonchev–Trinajstić information content (AvgIpc) is 2.48. The molecule has 0 saturated carbocycles. The molecule has 0 radical (unpaired) electrons. The van der Waals surface area contributed by atoms with E-state index in [4.69, 9.17) is 11.6 Å². The van der Waals surface area contributed by atoms with E-state index in [0.717, 1.165) is 18.7 Å². The highest BCUT2D eigenvalue weighted by molar-refractivity contribution is 6.30. The van der Waals surface area contributed by atoms with Gasteiger partial charge in [0, 0.05) is 24.5 Å². The Kier molecular flexibility index (Phi) is 3.79. The summed E-state index contributed by atoms with van der Waals surface area (Å²) in [4.78, 5) is 0. The SMILES string of the molecule is Fc1cc(NCc2cccc3c2NCCC3)ccc1Cl. The van der Waals surface area contributed by atoms with Crippen molar-refractivity contribution >= 4 is 23.0 Å². The normalized spacial score (nSPS) is 13.5. The molecule has 1 heterocycles. The molecule has 4 heteroatoms. The highest BCUT2D eigenvalue weighted by Gasteiger charge is 2.12. The zero-order chi connectivity index (χ0) is 13.9. The number of fused-ring (bicyclic) bond motifs is 1. The summed E-state index contributed by atoms with van der Waals surface area (Å²) in [6, 6.07) is 11.1. The molecular formula is C16H16ClFN2. The summed E-state index contributed by atoms with van der Waals surface area (Å²) < 4.78 is 13.4. The third kappa shape index (κ3) is 2.73. The first kappa shape index (κ1) is 13.3. The van der Waals surface area contributed by atoms with Gasteiger partial charge in [0.25, 0.3) is 0 Å². The molecule has 0 spiro atoms. The molecule has 2 aromatic carbocycles. The van der Waals surface area contributed by atoms with Gasteiger partial charge in [0.05, 0.1) is 5.02 Å². The molecule has 0 unspecified atom stereocenters. The van der Waals surface area contributed by atoms with Crippen molar-refractivity contribution in [3.8, 4) is 0 Å². The van der Waals surface area contributed by atoms with Crippen LogP contribution in [0.3, 0.4) is 0 Å². The summed E-state index contributed by atoms with van der Waals surface area (Å²) in [5.74, 6) is -0.398. The van der Waals surface area contributed by atoms with E-state index in [2.05, 4.69) is 28.8 Å². The van der Waals surface area contributed by atoms with Crippen LogP contribution >= 0.6 is 11.6 Å². The number of nitrogens with one attached hydrogen (secondary N) is 2. The predicted molar refractivity (Wildman–Crippen MR) is 82.0 cm³/mol. The van der Waals surface area contributed by atoms with Gasteiger partial charge in [-0.1, -0.05) is 29.8 Å². The molecule has 104 valence electrons. The summed E-state index contributed by atoms with van der Waals surface area (Å²) >= 11 is 5.68. The molecule has 0 bridgehead atoms. The van der Waals surface area contributed by atoms with Gasteiger partial charge in [-0.2, -0.15) is 0 Å². The minimum absolute atomic E-state index is 0.148. The Balaban J connectivity index is 1.76. The highest BCUT2D eigenvalue weighted by Crippen LogP contribution is 2.27. The van der Waals surface area contributed by atoms with Crippen LogP contribution in [0.25, 0.3) is 0 Å². The fourth-order valence-corrected chi connectivity index (χ4v) is 2.65. The highest BCUT2D eigenvalue weighted by atomic mass is 35.5. The number of hydrogen-bond donors (Lipinski definition) is 2. The molecule has 0 aromatic heterocycles. The number of hydrogen-bond acceptors (Lipinski definition) is 2. The lowest BCUT2D eigenvalue weighted by atomic mass is 9.99. The minimum Gasteiger partial charge on any atom is -0.385 e. The second-order valence-electron chi connectivity index (χ2n) is 4.96. The molecule has 3 rings (SSSR count). The zero-order valence-electron chi connectivity index (χ0n) is 11.0. The van der Waals surface area contributed by atoms with E-state index in [0.29, 0.717) is 6.54 Å². The predicted octanol–water partition coefficient (Wildman–Crippen LogP) is 4.45. The number of rotatable bonds is 3. The van der Waals surface area contributed by atoms with Crippen molar-refractivity contribution in [1.82, 2.24) is 0 Å². The molecule has 2 nitrogen and oxygen atoms in total. The zero-order valence-corrected chi connectivity index (χ0v) is 11.8. The van der Waals surface area contributed by atoms with E-state index >= 15 is 0 Å². The topological polar surface area (TPSA) is 24.1 Å². The number of para-hydroxylation sites is 1. The van der Waals surface area contributed by atoms with Crippen molar-refractivity contribution < 1.29 is 4.39 Å². The average molecular weight is 291 g/mol. The smallest absolute Gasteiger partial charge is 0.143 e. The molecule has 0 saturated heterocycles. The van der Waals surface area contributed by atoms with Crippen molar-refractivity contribution in [2.45, 2.75) is 19.4 Å². The maximum atomic E-state index is 13.4. The van der Waals surface area contributed by atoms with Gasteiger partial charge in [0.15, 0.2) is 0 Å². The second kappa shape index (κ2) is 5.71. The van der Waals surface area contributed by atoms with E-state index in [1.165, 1.54) is 29.3 Å². The molecule has 1 aliphatic heterocycles.